The fraction of sp³-hybridized carbons (Fsp3) is 0.238. The smallest absolute Gasteiger partial charge is 0.254 e. The molecule has 1 saturated carbocycles. The van der Waals surface area contributed by atoms with Crippen molar-refractivity contribution < 1.29 is 9.59 Å². The van der Waals surface area contributed by atoms with Gasteiger partial charge >= 0.3 is 0 Å². The maximum atomic E-state index is 12.0. The molecule has 9 heteroatoms. The van der Waals surface area contributed by atoms with Gasteiger partial charge in [0.05, 0.1) is 23.3 Å². The van der Waals surface area contributed by atoms with E-state index < -0.39 is 0 Å². The molecule has 1 saturated heterocycles. The van der Waals surface area contributed by atoms with Gasteiger partial charge in [-0.2, -0.15) is 9.61 Å². The number of benzene rings is 1. The zero-order valence-corrected chi connectivity index (χ0v) is 17.0. The van der Waals surface area contributed by atoms with Crippen LogP contribution in [0.25, 0.3) is 11.7 Å². The summed E-state index contributed by atoms with van der Waals surface area (Å²) < 4.78 is 1.71. The molecule has 2 aliphatic rings. The van der Waals surface area contributed by atoms with Gasteiger partial charge in [0.2, 0.25) is 5.91 Å². The number of rotatable bonds is 5. The number of anilines is 3. The zero-order chi connectivity index (χ0) is 20.8. The number of aromatic nitrogens is 3. The van der Waals surface area contributed by atoms with E-state index in [1.54, 1.807) is 16.8 Å². The number of amides is 2. The molecule has 0 bridgehead atoms. The second-order valence-electron chi connectivity index (χ2n) is 7.61. The third-order valence-electron chi connectivity index (χ3n) is 5.04. The van der Waals surface area contributed by atoms with E-state index in [9.17, 15) is 9.59 Å². The largest absolute Gasteiger partial charge is 0.367 e. The first-order valence-electron chi connectivity index (χ1n) is 9.69. The van der Waals surface area contributed by atoms with Crippen molar-refractivity contribution in [3.05, 3.63) is 52.2 Å². The third kappa shape index (κ3) is 3.61. The number of nitrogens with one attached hydrogen (secondary N) is 3. The minimum atomic E-state index is -0.378. The van der Waals surface area contributed by atoms with Gasteiger partial charge in [-0.15, -0.1) is 0 Å². The Bertz CT molecular complexity index is 1230. The average molecular weight is 423 g/mol. The molecule has 2 fully saturated rings. The van der Waals surface area contributed by atoms with E-state index in [0.29, 0.717) is 33.7 Å². The summed E-state index contributed by atoms with van der Waals surface area (Å²) >= 11 is 6.34. The van der Waals surface area contributed by atoms with Crippen molar-refractivity contribution in [1.29, 1.82) is 0 Å². The van der Waals surface area contributed by atoms with Crippen LogP contribution < -0.4 is 16.0 Å². The molecule has 0 radical (unpaired) electrons. The van der Waals surface area contributed by atoms with E-state index in [0.717, 1.165) is 29.9 Å². The van der Waals surface area contributed by atoms with Gasteiger partial charge in [-0.1, -0.05) is 17.7 Å². The lowest BCUT2D eigenvalue weighted by molar-refractivity contribution is -0.124. The predicted molar refractivity (Wildman–Crippen MR) is 115 cm³/mol. The van der Waals surface area contributed by atoms with Crippen LogP contribution in [0.2, 0.25) is 5.02 Å². The molecule has 3 heterocycles. The maximum Gasteiger partial charge on any atom is 0.254 e. The Morgan fingerprint density at radius 3 is 2.83 bits per heavy atom. The van der Waals surface area contributed by atoms with E-state index in [1.807, 2.05) is 31.2 Å². The summed E-state index contributed by atoms with van der Waals surface area (Å²) in [5, 5.41) is 14.1. The van der Waals surface area contributed by atoms with Crippen LogP contribution in [0.1, 0.15) is 30.4 Å². The van der Waals surface area contributed by atoms with Crippen LogP contribution in [0.4, 0.5) is 17.3 Å². The zero-order valence-electron chi connectivity index (χ0n) is 16.2. The van der Waals surface area contributed by atoms with E-state index >= 15 is 0 Å². The van der Waals surface area contributed by atoms with Crippen molar-refractivity contribution in [2.45, 2.75) is 32.2 Å². The molecule has 0 spiro atoms. The van der Waals surface area contributed by atoms with E-state index in [1.165, 1.54) is 0 Å². The van der Waals surface area contributed by atoms with Crippen molar-refractivity contribution >= 4 is 52.5 Å². The molecule has 1 aliphatic carbocycles. The van der Waals surface area contributed by atoms with E-state index in [2.05, 4.69) is 21.0 Å². The lowest BCUT2D eigenvalue weighted by Gasteiger charge is -2.13. The molecule has 2 amide bonds. The van der Waals surface area contributed by atoms with Crippen molar-refractivity contribution in [3.8, 4) is 0 Å². The standard InChI is InChI=1S/C21H19ClN6O2/c1-11-2-5-15(22)16(6-11)25-17-9-18(24-14-3-4-14)28-20(26-17)13(10-23-28)7-12-8-19(29)27-21(12)30/h2,5-7,9-10,14,24H,3-4,8H2,1H3,(H,25,26)(H,27,29,30)/b12-7+. The van der Waals surface area contributed by atoms with Gasteiger partial charge in [-0.05, 0) is 43.5 Å². The lowest BCUT2D eigenvalue weighted by atomic mass is 10.1. The molecule has 30 heavy (non-hydrogen) atoms. The van der Waals surface area contributed by atoms with Gasteiger partial charge in [0, 0.05) is 23.2 Å². The Labute approximate surface area is 177 Å². The van der Waals surface area contributed by atoms with E-state index in [-0.39, 0.29) is 18.2 Å². The van der Waals surface area contributed by atoms with Gasteiger partial charge in [0.25, 0.3) is 5.91 Å². The summed E-state index contributed by atoms with van der Waals surface area (Å²) in [6, 6.07) is 8.04. The Morgan fingerprint density at radius 1 is 1.27 bits per heavy atom. The first-order chi connectivity index (χ1) is 14.5. The van der Waals surface area contributed by atoms with Crippen LogP contribution in [0.15, 0.2) is 36.0 Å². The molecule has 1 aliphatic heterocycles. The first-order valence-corrected chi connectivity index (χ1v) is 10.1. The summed E-state index contributed by atoms with van der Waals surface area (Å²) in [4.78, 5) is 28.2. The number of imide groups is 1. The predicted octanol–water partition coefficient (Wildman–Crippen LogP) is 3.44. The summed E-state index contributed by atoms with van der Waals surface area (Å²) in [7, 11) is 0. The van der Waals surface area contributed by atoms with Gasteiger partial charge in [0.1, 0.15) is 11.6 Å². The first kappa shape index (κ1) is 18.6. The summed E-state index contributed by atoms with van der Waals surface area (Å²) in [6.07, 6.45) is 5.58. The molecule has 0 unspecified atom stereocenters. The molecule has 3 N–H and O–H groups in total. The molecule has 152 valence electrons. The highest BCUT2D eigenvalue weighted by atomic mass is 35.5. The average Bonchev–Trinajstić information content (AvgIpc) is 3.34. The fourth-order valence-corrected chi connectivity index (χ4v) is 3.53. The van der Waals surface area contributed by atoms with Crippen LogP contribution >= 0.6 is 11.6 Å². The number of fused-ring (bicyclic) bond motifs is 1. The molecule has 0 atom stereocenters. The highest BCUT2D eigenvalue weighted by Crippen LogP contribution is 2.30. The highest BCUT2D eigenvalue weighted by Gasteiger charge is 2.25. The highest BCUT2D eigenvalue weighted by molar-refractivity contribution is 6.33. The summed E-state index contributed by atoms with van der Waals surface area (Å²) in [5.74, 6) is 0.718. The van der Waals surface area contributed by atoms with Crippen molar-refractivity contribution in [2.24, 2.45) is 0 Å². The second-order valence-corrected chi connectivity index (χ2v) is 8.02. The minimum absolute atomic E-state index is 0.0557. The van der Waals surface area contributed by atoms with Crippen LogP contribution in [-0.4, -0.2) is 32.5 Å². The summed E-state index contributed by atoms with van der Waals surface area (Å²) in [5.41, 5.74) is 3.46. The van der Waals surface area contributed by atoms with Crippen LogP contribution in [0.5, 0.6) is 0 Å². The Kier molecular flexibility index (Phi) is 4.43. The molecule has 1 aromatic carbocycles. The number of aryl methyl sites for hydroxylation is 1. The number of carbonyl (C=O) groups is 2. The molecule has 2 aromatic heterocycles. The molecule has 5 rings (SSSR count). The third-order valence-corrected chi connectivity index (χ3v) is 5.37. The van der Waals surface area contributed by atoms with Gasteiger partial charge in [-0.25, -0.2) is 4.98 Å². The van der Waals surface area contributed by atoms with Crippen molar-refractivity contribution in [2.75, 3.05) is 10.6 Å². The number of hydrogen-bond donors (Lipinski definition) is 3. The second kappa shape index (κ2) is 7.14. The minimum Gasteiger partial charge on any atom is -0.367 e. The lowest BCUT2D eigenvalue weighted by Crippen LogP contribution is -2.19. The monoisotopic (exact) mass is 422 g/mol. The van der Waals surface area contributed by atoms with Crippen LogP contribution in [0.3, 0.4) is 0 Å². The molecule has 8 nitrogen and oxygen atoms in total. The number of carbonyl (C=O) groups excluding carboxylic acids is 2. The van der Waals surface area contributed by atoms with E-state index in [4.69, 9.17) is 16.6 Å². The van der Waals surface area contributed by atoms with Crippen LogP contribution in [0, 0.1) is 6.92 Å². The summed E-state index contributed by atoms with van der Waals surface area (Å²) in [6.45, 7) is 1.99. The molecular weight excluding hydrogens is 404 g/mol. The van der Waals surface area contributed by atoms with Crippen molar-refractivity contribution in [1.82, 2.24) is 19.9 Å². The number of halogens is 1. The van der Waals surface area contributed by atoms with Crippen LogP contribution in [-0.2, 0) is 9.59 Å². The van der Waals surface area contributed by atoms with Crippen molar-refractivity contribution in [3.63, 3.8) is 0 Å². The molecular formula is C21H19ClN6O2. The Balaban J connectivity index is 1.59. The molecule has 3 aromatic rings. The fourth-order valence-electron chi connectivity index (χ4n) is 3.37. The number of hydrogen-bond acceptors (Lipinski definition) is 6. The van der Waals surface area contributed by atoms with Gasteiger partial charge < -0.3 is 10.6 Å². The Morgan fingerprint density at radius 2 is 2.10 bits per heavy atom. The van der Waals surface area contributed by atoms with Gasteiger partial charge in [0.15, 0.2) is 5.65 Å². The normalized spacial score (nSPS) is 17.6. The number of nitrogens with zero attached hydrogens (tertiary/aromatic N) is 3. The SMILES string of the molecule is Cc1ccc(Cl)c(Nc2cc(NC3CC3)n3ncc(/C=C4\CC(=O)NC4=O)c3n2)c1. The maximum absolute atomic E-state index is 12.0. The van der Waals surface area contributed by atoms with Gasteiger partial charge in [-0.3, -0.25) is 14.9 Å². The topological polar surface area (TPSA) is 100 Å². The Hall–Kier alpha value is -3.39. The quantitative estimate of drug-likeness (QED) is 0.430.